The normalized spacial score (nSPS) is 30.2. The summed E-state index contributed by atoms with van der Waals surface area (Å²) in [4.78, 5) is 30.1. The molecule has 0 spiro atoms. The van der Waals surface area contributed by atoms with Crippen molar-refractivity contribution in [1.29, 1.82) is 0 Å². The van der Waals surface area contributed by atoms with Gasteiger partial charge in [0.05, 0.1) is 0 Å². The van der Waals surface area contributed by atoms with Crippen LogP contribution in [0.3, 0.4) is 0 Å². The number of amides is 2. The molecule has 3 atom stereocenters. The zero-order valence-corrected chi connectivity index (χ0v) is 13.8. The smallest absolute Gasteiger partial charge is 0.237 e. The van der Waals surface area contributed by atoms with Crippen LogP contribution in [0.2, 0.25) is 0 Å². The van der Waals surface area contributed by atoms with Crippen LogP contribution in [0.1, 0.15) is 44.1 Å². The van der Waals surface area contributed by atoms with E-state index in [1.54, 1.807) is 11.1 Å². The molecule has 0 aromatic carbocycles. The Bertz CT molecular complexity index is 648. The zero-order chi connectivity index (χ0) is 16.5. The summed E-state index contributed by atoms with van der Waals surface area (Å²) in [6, 6.07) is 4.29. The second kappa shape index (κ2) is 6.51. The quantitative estimate of drug-likeness (QED) is 0.883. The lowest BCUT2D eigenvalue weighted by Crippen LogP contribution is -2.60. The molecule has 1 aliphatic carbocycles. The number of hydrogen-bond acceptors (Lipinski definition) is 4. The predicted octanol–water partition coefficient (Wildman–Crippen LogP) is 1.56. The minimum Gasteiger partial charge on any atom is -0.297 e. The van der Waals surface area contributed by atoms with Gasteiger partial charge in [-0.15, -0.1) is 0 Å². The number of aromatic nitrogens is 1. The first kappa shape index (κ1) is 15.6. The number of nitrogens with zero attached hydrogens (tertiary/aromatic N) is 2. The molecule has 3 heterocycles. The van der Waals surface area contributed by atoms with Gasteiger partial charge in [0.2, 0.25) is 11.8 Å². The highest BCUT2D eigenvalue weighted by molar-refractivity contribution is 5.94. The fourth-order valence-electron chi connectivity index (χ4n) is 4.41. The van der Waals surface area contributed by atoms with Gasteiger partial charge in [0.25, 0.3) is 0 Å². The van der Waals surface area contributed by atoms with Gasteiger partial charge >= 0.3 is 0 Å². The van der Waals surface area contributed by atoms with Crippen LogP contribution in [0.4, 0.5) is 5.82 Å². The van der Waals surface area contributed by atoms with Crippen LogP contribution in [0.15, 0.2) is 18.3 Å². The van der Waals surface area contributed by atoms with Crippen molar-refractivity contribution in [2.45, 2.75) is 51.0 Å². The van der Waals surface area contributed by atoms with Crippen molar-refractivity contribution in [3.8, 4) is 0 Å². The van der Waals surface area contributed by atoms with Gasteiger partial charge < -0.3 is 0 Å². The third-order valence-electron chi connectivity index (χ3n) is 5.67. The number of hydrazine groups is 1. The van der Waals surface area contributed by atoms with E-state index in [0.717, 1.165) is 50.0 Å². The van der Waals surface area contributed by atoms with E-state index in [9.17, 15) is 9.59 Å². The summed E-state index contributed by atoms with van der Waals surface area (Å²) in [6.45, 7) is 0.762. The van der Waals surface area contributed by atoms with Gasteiger partial charge in [-0.2, -0.15) is 0 Å². The van der Waals surface area contributed by atoms with Gasteiger partial charge in [-0.1, -0.05) is 12.8 Å². The maximum absolute atomic E-state index is 12.1. The van der Waals surface area contributed by atoms with E-state index in [4.69, 9.17) is 0 Å². The fourth-order valence-corrected chi connectivity index (χ4v) is 4.41. The number of fused-ring (bicyclic) bond motifs is 1. The highest BCUT2D eigenvalue weighted by atomic mass is 16.2. The maximum atomic E-state index is 12.1. The molecule has 1 saturated carbocycles. The molecule has 4 rings (SSSR count). The molecule has 0 bridgehead atoms. The Balaban J connectivity index is 1.50. The molecule has 2 N–H and O–H groups in total. The molecule has 3 aliphatic rings. The first-order valence-corrected chi connectivity index (χ1v) is 9.03. The van der Waals surface area contributed by atoms with Gasteiger partial charge in [0.15, 0.2) is 0 Å². The summed E-state index contributed by atoms with van der Waals surface area (Å²) in [5.41, 5.74) is 7.24. The van der Waals surface area contributed by atoms with Crippen molar-refractivity contribution in [2.24, 2.45) is 11.8 Å². The van der Waals surface area contributed by atoms with E-state index in [1.807, 2.05) is 12.1 Å². The molecule has 1 aromatic heterocycles. The third kappa shape index (κ3) is 2.90. The number of nitrogens with one attached hydrogen (secondary N) is 2. The molecule has 0 radical (unpaired) electrons. The molecule has 2 aliphatic heterocycles. The standard InChI is InChI=1S/C18H24N4O2/c23-17-6-3-9-22(17)16-11-12(7-8-19-16)10-15-13-4-1-2-5-14(13)18(24)21-20-15/h7-8,11,13-15,20H,1-6,9-10H2,(H,21,24). The number of carbonyl (C=O) groups excluding carboxylic acids is 2. The number of carbonyl (C=O) groups is 2. The Labute approximate surface area is 142 Å². The summed E-state index contributed by atoms with van der Waals surface area (Å²) in [7, 11) is 0. The van der Waals surface area contributed by atoms with Crippen LogP contribution in [0, 0.1) is 11.8 Å². The Morgan fingerprint density at radius 1 is 1.21 bits per heavy atom. The lowest BCUT2D eigenvalue weighted by molar-refractivity contribution is -0.133. The van der Waals surface area contributed by atoms with Crippen LogP contribution in [0.25, 0.3) is 0 Å². The number of pyridine rings is 1. The zero-order valence-electron chi connectivity index (χ0n) is 13.8. The lowest BCUT2D eigenvalue weighted by Gasteiger charge is -2.41. The van der Waals surface area contributed by atoms with E-state index in [-0.39, 0.29) is 23.8 Å². The van der Waals surface area contributed by atoms with E-state index in [2.05, 4.69) is 15.8 Å². The summed E-state index contributed by atoms with van der Waals surface area (Å²) >= 11 is 0. The largest absolute Gasteiger partial charge is 0.297 e. The van der Waals surface area contributed by atoms with E-state index in [0.29, 0.717) is 12.3 Å². The lowest BCUT2D eigenvalue weighted by atomic mass is 9.72. The van der Waals surface area contributed by atoms with Crippen LogP contribution >= 0.6 is 0 Å². The highest BCUT2D eigenvalue weighted by Crippen LogP contribution is 2.35. The summed E-state index contributed by atoms with van der Waals surface area (Å²) in [5, 5.41) is 0. The molecule has 2 saturated heterocycles. The minimum atomic E-state index is 0.145. The maximum Gasteiger partial charge on any atom is 0.237 e. The summed E-state index contributed by atoms with van der Waals surface area (Å²) in [5.74, 6) is 1.61. The van der Waals surface area contributed by atoms with Crippen molar-refractivity contribution in [3.63, 3.8) is 0 Å². The monoisotopic (exact) mass is 328 g/mol. The van der Waals surface area contributed by atoms with Gasteiger partial charge in [0, 0.05) is 31.1 Å². The van der Waals surface area contributed by atoms with Gasteiger partial charge in [-0.25, -0.2) is 10.4 Å². The van der Waals surface area contributed by atoms with Gasteiger partial charge in [-0.3, -0.25) is 19.9 Å². The molecule has 6 heteroatoms. The van der Waals surface area contributed by atoms with Gasteiger partial charge in [-0.05, 0) is 49.3 Å². The molecule has 6 nitrogen and oxygen atoms in total. The number of hydrogen-bond donors (Lipinski definition) is 2. The average Bonchev–Trinajstić information content (AvgIpc) is 3.04. The van der Waals surface area contributed by atoms with Crippen LogP contribution in [-0.4, -0.2) is 29.4 Å². The molecule has 3 unspecified atom stereocenters. The molecule has 2 amide bonds. The van der Waals surface area contributed by atoms with E-state index >= 15 is 0 Å². The van der Waals surface area contributed by atoms with Crippen molar-refractivity contribution in [1.82, 2.24) is 15.8 Å². The number of anilines is 1. The molecule has 128 valence electrons. The SMILES string of the molecule is O=C1NNC(Cc2ccnc(N3CCCC3=O)c2)C2CCCCC12. The fraction of sp³-hybridized carbons (Fsp3) is 0.611. The predicted molar refractivity (Wildman–Crippen MR) is 90.0 cm³/mol. The number of rotatable bonds is 3. The first-order chi connectivity index (χ1) is 11.7. The van der Waals surface area contributed by atoms with E-state index in [1.165, 1.54) is 6.42 Å². The Morgan fingerprint density at radius 2 is 2.08 bits per heavy atom. The highest BCUT2D eigenvalue weighted by Gasteiger charge is 2.39. The molecule has 1 aromatic rings. The van der Waals surface area contributed by atoms with Gasteiger partial charge in [0.1, 0.15) is 5.82 Å². The van der Waals surface area contributed by atoms with Crippen molar-refractivity contribution < 1.29 is 9.59 Å². The Hall–Kier alpha value is -1.95. The molecular formula is C18H24N4O2. The second-order valence-electron chi connectivity index (χ2n) is 7.17. The van der Waals surface area contributed by atoms with Crippen molar-refractivity contribution >= 4 is 17.6 Å². The Kier molecular flexibility index (Phi) is 4.22. The minimum absolute atomic E-state index is 0.145. The van der Waals surface area contributed by atoms with E-state index < -0.39 is 0 Å². The second-order valence-corrected chi connectivity index (χ2v) is 7.17. The third-order valence-corrected chi connectivity index (χ3v) is 5.67. The molecular weight excluding hydrogens is 304 g/mol. The molecule has 3 fully saturated rings. The Morgan fingerprint density at radius 3 is 2.92 bits per heavy atom. The summed E-state index contributed by atoms with van der Waals surface area (Å²) in [6.07, 6.45) is 8.62. The van der Waals surface area contributed by atoms with Crippen molar-refractivity contribution in [3.05, 3.63) is 23.9 Å². The summed E-state index contributed by atoms with van der Waals surface area (Å²) < 4.78 is 0. The molecule has 24 heavy (non-hydrogen) atoms. The first-order valence-electron chi connectivity index (χ1n) is 9.03. The topological polar surface area (TPSA) is 74.3 Å². The van der Waals surface area contributed by atoms with Crippen LogP contribution < -0.4 is 15.8 Å². The van der Waals surface area contributed by atoms with Crippen LogP contribution in [-0.2, 0) is 16.0 Å². The van der Waals surface area contributed by atoms with Crippen LogP contribution in [0.5, 0.6) is 0 Å². The van der Waals surface area contributed by atoms with Crippen molar-refractivity contribution in [2.75, 3.05) is 11.4 Å². The average molecular weight is 328 g/mol.